The molecule has 0 fully saturated rings. The van der Waals surface area contributed by atoms with Crippen LogP contribution in [0.15, 0.2) is 174 Å². The third kappa shape index (κ3) is 5.38. The van der Waals surface area contributed by atoms with Gasteiger partial charge in [0.15, 0.2) is 17.5 Å². The van der Waals surface area contributed by atoms with Crippen molar-refractivity contribution in [3.63, 3.8) is 0 Å². The summed E-state index contributed by atoms with van der Waals surface area (Å²) in [5, 5.41) is 2.87. The average molecular weight is 725 g/mol. The summed E-state index contributed by atoms with van der Waals surface area (Å²) in [6.07, 6.45) is 0. The number of rotatable bonds is 6. The number of benzene rings is 7. The lowest BCUT2D eigenvalue weighted by Gasteiger charge is -2.10. The highest BCUT2D eigenvalue weighted by atomic mass is 32.1. The van der Waals surface area contributed by atoms with Crippen molar-refractivity contribution in [1.29, 1.82) is 0 Å². The van der Waals surface area contributed by atoms with Gasteiger partial charge in [-0.25, -0.2) is 24.9 Å². The molecule has 55 heavy (non-hydrogen) atoms. The first-order valence-corrected chi connectivity index (χ1v) is 18.8. The van der Waals surface area contributed by atoms with Crippen LogP contribution < -0.4 is 0 Å². The Labute approximate surface area is 318 Å². The lowest BCUT2D eigenvalue weighted by Crippen LogP contribution is -2.00. The first-order chi connectivity index (χ1) is 27.2. The van der Waals surface area contributed by atoms with E-state index in [1.807, 2.05) is 78.9 Å². The number of hydrogen-bond donors (Lipinski definition) is 0. The van der Waals surface area contributed by atoms with Gasteiger partial charge in [-0.3, -0.25) is 4.57 Å². The van der Waals surface area contributed by atoms with E-state index in [9.17, 15) is 0 Å². The zero-order valence-electron chi connectivity index (χ0n) is 29.2. The first kappa shape index (κ1) is 31.3. The molecule has 0 N–H and O–H groups in total. The van der Waals surface area contributed by atoms with E-state index in [1.165, 1.54) is 4.70 Å². The summed E-state index contributed by atoms with van der Waals surface area (Å²) < 4.78 is 9.86. The first-order valence-electron chi connectivity index (χ1n) is 18.0. The van der Waals surface area contributed by atoms with Crippen molar-refractivity contribution in [2.45, 2.75) is 0 Å². The summed E-state index contributed by atoms with van der Waals surface area (Å²) in [4.78, 5) is 25.2. The maximum atomic E-state index is 6.48. The van der Waals surface area contributed by atoms with Gasteiger partial charge in [-0.05, 0) is 60.7 Å². The minimum Gasteiger partial charge on any atom is -0.456 e. The van der Waals surface area contributed by atoms with Gasteiger partial charge in [0.25, 0.3) is 0 Å². The van der Waals surface area contributed by atoms with Crippen LogP contribution >= 0.6 is 11.3 Å². The van der Waals surface area contributed by atoms with E-state index in [0.29, 0.717) is 17.5 Å². The monoisotopic (exact) mass is 724 g/mol. The Kier molecular flexibility index (Phi) is 7.21. The van der Waals surface area contributed by atoms with Gasteiger partial charge in [0, 0.05) is 44.3 Å². The molecule has 0 saturated heterocycles. The van der Waals surface area contributed by atoms with Crippen molar-refractivity contribution < 1.29 is 4.42 Å². The minimum atomic E-state index is 0.564. The van der Waals surface area contributed by atoms with Crippen LogP contribution in [0.5, 0.6) is 0 Å². The van der Waals surface area contributed by atoms with E-state index >= 15 is 0 Å². The summed E-state index contributed by atoms with van der Waals surface area (Å²) in [7, 11) is 0. The molecule has 7 aromatic carbocycles. The van der Waals surface area contributed by atoms with E-state index in [4.69, 9.17) is 29.3 Å². The second-order valence-corrected chi connectivity index (χ2v) is 14.4. The number of thiazole rings is 1. The Balaban J connectivity index is 1.08. The SMILES string of the molecule is c1ccc(-c2nc(-c3ccc(-c4nc5ccccc5s4)cc3)nc(-c3cccc4oc5ccc(-c6nc7ccccc7n6-c6ccccc6)cc5c34)n2)cc1. The Bertz CT molecular complexity index is 3170. The molecule has 7 nitrogen and oxygen atoms in total. The van der Waals surface area contributed by atoms with E-state index in [0.717, 1.165) is 82.8 Å². The van der Waals surface area contributed by atoms with Crippen molar-refractivity contribution >= 4 is 54.5 Å². The van der Waals surface area contributed by atoms with Gasteiger partial charge in [0.2, 0.25) is 0 Å². The largest absolute Gasteiger partial charge is 0.456 e. The van der Waals surface area contributed by atoms with Gasteiger partial charge in [-0.1, -0.05) is 109 Å². The van der Waals surface area contributed by atoms with Gasteiger partial charge in [-0.2, -0.15) is 0 Å². The van der Waals surface area contributed by atoms with Crippen LogP contribution in [0.2, 0.25) is 0 Å². The van der Waals surface area contributed by atoms with Crippen molar-refractivity contribution in [2.75, 3.05) is 0 Å². The lowest BCUT2D eigenvalue weighted by molar-refractivity contribution is 0.669. The van der Waals surface area contributed by atoms with Crippen molar-refractivity contribution in [1.82, 2.24) is 29.5 Å². The van der Waals surface area contributed by atoms with E-state index in [-0.39, 0.29) is 0 Å². The molecule has 11 aromatic rings. The lowest BCUT2D eigenvalue weighted by atomic mass is 10.0. The van der Waals surface area contributed by atoms with Gasteiger partial charge in [-0.15, -0.1) is 11.3 Å². The van der Waals surface area contributed by atoms with E-state index in [2.05, 4.69) is 95.6 Å². The number of hydrogen-bond acceptors (Lipinski definition) is 7. The molecule has 0 aliphatic rings. The third-order valence-corrected chi connectivity index (χ3v) is 11.0. The topological polar surface area (TPSA) is 82.5 Å². The Morgan fingerprint density at radius 3 is 1.91 bits per heavy atom. The predicted molar refractivity (Wildman–Crippen MR) is 222 cm³/mol. The molecule has 0 saturated carbocycles. The Morgan fingerprint density at radius 1 is 0.455 bits per heavy atom. The minimum absolute atomic E-state index is 0.564. The zero-order valence-corrected chi connectivity index (χ0v) is 30.0. The molecule has 11 rings (SSSR count). The molecule has 4 aromatic heterocycles. The zero-order chi connectivity index (χ0) is 36.3. The maximum absolute atomic E-state index is 6.48. The molecule has 0 bridgehead atoms. The number of aromatic nitrogens is 6. The molecular formula is C47H28N6OS. The number of para-hydroxylation sites is 4. The fourth-order valence-corrected chi connectivity index (χ4v) is 8.28. The number of nitrogens with zero attached hydrogens (tertiary/aromatic N) is 6. The maximum Gasteiger partial charge on any atom is 0.164 e. The van der Waals surface area contributed by atoms with Crippen LogP contribution in [-0.2, 0) is 0 Å². The van der Waals surface area contributed by atoms with E-state index < -0.39 is 0 Å². The van der Waals surface area contributed by atoms with Crippen molar-refractivity contribution in [3.05, 3.63) is 170 Å². The fourth-order valence-electron chi connectivity index (χ4n) is 7.31. The smallest absolute Gasteiger partial charge is 0.164 e. The predicted octanol–water partition coefficient (Wildman–Crippen LogP) is 12.1. The Morgan fingerprint density at radius 2 is 1.11 bits per heavy atom. The van der Waals surface area contributed by atoms with Crippen LogP contribution in [0.1, 0.15) is 0 Å². The van der Waals surface area contributed by atoms with Crippen LogP contribution in [0, 0.1) is 0 Å². The quantitative estimate of drug-likeness (QED) is 0.170. The molecule has 0 aliphatic carbocycles. The second kappa shape index (κ2) is 12.7. The van der Waals surface area contributed by atoms with Crippen LogP contribution in [0.4, 0.5) is 0 Å². The highest BCUT2D eigenvalue weighted by molar-refractivity contribution is 7.21. The number of furan rings is 1. The molecule has 0 aliphatic heterocycles. The summed E-state index contributed by atoms with van der Waals surface area (Å²) >= 11 is 1.69. The summed E-state index contributed by atoms with van der Waals surface area (Å²) in [5.74, 6) is 2.60. The number of imidazole rings is 1. The second-order valence-electron chi connectivity index (χ2n) is 13.3. The summed E-state index contributed by atoms with van der Waals surface area (Å²) in [5.41, 5.74) is 10.2. The molecule has 0 atom stereocenters. The molecule has 0 radical (unpaired) electrons. The third-order valence-electron chi connectivity index (χ3n) is 9.92. The van der Waals surface area contributed by atoms with Gasteiger partial charge in [0.05, 0.1) is 21.3 Å². The highest BCUT2D eigenvalue weighted by Gasteiger charge is 2.20. The normalized spacial score (nSPS) is 11.6. The van der Waals surface area contributed by atoms with Crippen LogP contribution in [0.3, 0.4) is 0 Å². The Hall–Kier alpha value is -7.29. The van der Waals surface area contributed by atoms with Crippen molar-refractivity contribution in [3.8, 4) is 61.8 Å². The standard InChI is InChI=1S/C47H28N6OS/c1-3-12-29(13-4-1)43-50-44(30-22-24-31(25-23-30)47-49-37-18-8-10-21-41(37)55-47)52-45(51-43)34-16-11-20-40-42(34)35-28-32(26-27-39(35)54-40)46-48-36-17-7-9-19-38(36)53(46)33-14-5-2-6-15-33/h1-28H. The molecule has 4 heterocycles. The van der Waals surface area contributed by atoms with Gasteiger partial charge in [0.1, 0.15) is 22.0 Å². The molecular weight excluding hydrogens is 697 g/mol. The summed E-state index contributed by atoms with van der Waals surface area (Å²) in [6, 6.07) is 57.5. The van der Waals surface area contributed by atoms with E-state index in [1.54, 1.807) is 11.3 Å². The van der Waals surface area contributed by atoms with Gasteiger partial charge < -0.3 is 4.42 Å². The molecule has 0 spiro atoms. The highest BCUT2D eigenvalue weighted by Crippen LogP contribution is 2.39. The van der Waals surface area contributed by atoms with Crippen LogP contribution in [0.25, 0.3) is 105 Å². The number of fused-ring (bicyclic) bond motifs is 5. The fraction of sp³-hybridized carbons (Fsp3) is 0. The van der Waals surface area contributed by atoms with Crippen molar-refractivity contribution in [2.24, 2.45) is 0 Å². The van der Waals surface area contributed by atoms with Crippen LogP contribution in [-0.4, -0.2) is 29.5 Å². The summed E-state index contributed by atoms with van der Waals surface area (Å²) in [6.45, 7) is 0. The van der Waals surface area contributed by atoms with Gasteiger partial charge >= 0.3 is 0 Å². The molecule has 0 amide bonds. The average Bonchev–Trinajstić information content (AvgIpc) is 3.98. The molecule has 8 heteroatoms. The molecule has 0 unspecified atom stereocenters. The molecule has 258 valence electrons.